The van der Waals surface area contributed by atoms with Crippen LogP contribution in [-0.4, -0.2) is 0 Å². The zero-order valence-corrected chi connectivity index (χ0v) is 42.2. The molecule has 370 valence electrons. The molecule has 0 fully saturated rings. The third kappa shape index (κ3) is 6.79. The lowest BCUT2D eigenvalue weighted by Crippen LogP contribution is -2.09. The van der Waals surface area contributed by atoms with Gasteiger partial charge in [0, 0.05) is 107 Å². The van der Waals surface area contributed by atoms with Crippen LogP contribution < -0.4 is 9.80 Å². The van der Waals surface area contributed by atoms with Gasteiger partial charge < -0.3 is 31.9 Å². The van der Waals surface area contributed by atoms with Gasteiger partial charge in [0.2, 0.25) is 0 Å². The smallest absolute Gasteiger partial charge is 0.147 e. The van der Waals surface area contributed by atoms with E-state index < -0.39 is 0 Å². The molecule has 0 unspecified atom stereocenters. The van der Waals surface area contributed by atoms with E-state index >= 15 is 0 Å². The number of hydrogen-bond acceptors (Lipinski definition) is 7. The van der Waals surface area contributed by atoms with Crippen LogP contribution in [0.15, 0.2) is 277 Å². The molecule has 0 aliphatic rings. The highest BCUT2D eigenvalue weighted by Gasteiger charge is 2.24. The van der Waals surface area contributed by atoms with Crippen LogP contribution in [0.2, 0.25) is 0 Å². The Labute approximate surface area is 450 Å². The molecule has 7 heteroatoms. The minimum absolute atomic E-state index is 0.746. The van der Waals surface area contributed by atoms with Gasteiger partial charge in [-0.2, -0.15) is 0 Å². The zero-order valence-electron chi connectivity index (χ0n) is 42.2. The molecule has 0 radical (unpaired) electrons. The van der Waals surface area contributed by atoms with E-state index in [1.165, 1.54) is 0 Å². The first kappa shape index (κ1) is 43.5. The fourth-order valence-electron chi connectivity index (χ4n) is 12.2. The molecule has 0 amide bonds. The van der Waals surface area contributed by atoms with Crippen molar-refractivity contribution in [2.24, 2.45) is 0 Å². The van der Waals surface area contributed by atoms with Crippen LogP contribution >= 0.6 is 0 Å². The van der Waals surface area contributed by atoms with E-state index in [1.54, 1.807) is 0 Å². The molecule has 17 aromatic rings. The summed E-state index contributed by atoms with van der Waals surface area (Å²) in [5, 5.41) is 10.2. The lowest BCUT2D eigenvalue weighted by atomic mass is 10.0. The summed E-state index contributed by atoms with van der Waals surface area (Å²) in [6.45, 7) is 0. The van der Waals surface area contributed by atoms with Crippen LogP contribution in [0.5, 0.6) is 0 Å². The van der Waals surface area contributed by atoms with Crippen molar-refractivity contribution in [2.45, 2.75) is 0 Å². The molecule has 5 heterocycles. The summed E-state index contributed by atoms with van der Waals surface area (Å²) in [7, 11) is 0. The Morgan fingerprint density at radius 3 is 1.05 bits per heavy atom. The standard InChI is InChI=1S/C72H42N2O5/c1-3-13-43(14-4-1)45-17-11-19-47(37-45)73(49-25-29-55-53-21-7-9-23-60(53)75-65(55)39-49)51-27-31-57-67(41-51)77-62-35-36-63-70(69(57)62)59-33-34-64-71(72(59)79-63)58-32-28-52(42-68(58)78-64)74(48-20-12-18-46(38-48)44-15-5-2-6-16-44)50-26-30-56-54-22-8-10-24-61(54)76-66(56)40-50/h1-42H. The molecule has 17 rings (SSSR count). The zero-order chi connectivity index (χ0) is 51.7. The van der Waals surface area contributed by atoms with Crippen molar-refractivity contribution in [1.29, 1.82) is 0 Å². The molecule has 5 aromatic heterocycles. The van der Waals surface area contributed by atoms with Crippen LogP contribution in [0.3, 0.4) is 0 Å². The van der Waals surface area contributed by atoms with E-state index in [0.29, 0.717) is 0 Å². The van der Waals surface area contributed by atoms with Crippen molar-refractivity contribution in [3.63, 3.8) is 0 Å². The number of hydrogen-bond donors (Lipinski definition) is 0. The average molecular weight is 1020 g/mol. The van der Waals surface area contributed by atoms with Gasteiger partial charge in [-0.25, -0.2) is 0 Å². The van der Waals surface area contributed by atoms with Crippen molar-refractivity contribution in [3.05, 3.63) is 255 Å². The number of anilines is 6. The van der Waals surface area contributed by atoms with E-state index in [4.69, 9.17) is 22.1 Å². The van der Waals surface area contributed by atoms with Crippen LogP contribution in [0.1, 0.15) is 0 Å². The molecule has 0 saturated heterocycles. The lowest BCUT2D eigenvalue weighted by molar-refractivity contribution is 0.660. The maximum Gasteiger partial charge on any atom is 0.147 e. The molecule has 0 aliphatic heterocycles. The topological polar surface area (TPSA) is 72.2 Å². The Hall–Kier alpha value is -10.8. The van der Waals surface area contributed by atoms with Crippen molar-refractivity contribution in [1.82, 2.24) is 0 Å². The average Bonchev–Trinajstić information content (AvgIpc) is 4.47. The van der Waals surface area contributed by atoms with E-state index in [0.717, 1.165) is 166 Å². The minimum Gasteiger partial charge on any atom is -0.456 e. The molecule has 0 aliphatic carbocycles. The highest BCUT2D eigenvalue weighted by Crippen LogP contribution is 2.48. The maximum atomic E-state index is 6.94. The van der Waals surface area contributed by atoms with Gasteiger partial charge in [0.25, 0.3) is 0 Å². The Morgan fingerprint density at radius 2 is 0.532 bits per heavy atom. The first-order valence-electron chi connectivity index (χ1n) is 26.5. The number of fused-ring (bicyclic) bond motifs is 17. The Morgan fingerprint density at radius 1 is 0.190 bits per heavy atom. The van der Waals surface area contributed by atoms with Crippen LogP contribution in [-0.2, 0) is 0 Å². The van der Waals surface area contributed by atoms with Crippen LogP contribution in [0.4, 0.5) is 34.1 Å². The van der Waals surface area contributed by atoms with Gasteiger partial charge in [-0.05, 0) is 131 Å². The summed E-state index contributed by atoms with van der Waals surface area (Å²) < 4.78 is 33.5. The fourth-order valence-corrected chi connectivity index (χ4v) is 12.2. The predicted octanol–water partition coefficient (Wildman–Crippen LogP) is 21.5. The van der Waals surface area contributed by atoms with Gasteiger partial charge in [0.15, 0.2) is 0 Å². The highest BCUT2D eigenvalue weighted by atomic mass is 16.4. The molecular formula is C72H42N2O5. The molecule has 0 atom stereocenters. The third-order valence-corrected chi connectivity index (χ3v) is 15.8. The second kappa shape index (κ2) is 16.9. The van der Waals surface area contributed by atoms with E-state index in [2.05, 4.69) is 216 Å². The fraction of sp³-hybridized carbons (Fsp3) is 0. The largest absolute Gasteiger partial charge is 0.456 e. The molecule has 7 nitrogen and oxygen atoms in total. The Bertz CT molecular complexity index is 5290. The van der Waals surface area contributed by atoms with E-state index in [-0.39, 0.29) is 0 Å². The molecule has 0 N–H and O–H groups in total. The molecule has 79 heavy (non-hydrogen) atoms. The first-order chi connectivity index (χ1) is 39.1. The minimum atomic E-state index is 0.746. The predicted molar refractivity (Wildman–Crippen MR) is 323 cm³/mol. The Balaban J connectivity index is 0.801. The Kier molecular flexibility index (Phi) is 9.28. The van der Waals surface area contributed by atoms with Crippen molar-refractivity contribution in [3.8, 4) is 22.3 Å². The monoisotopic (exact) mass is 1010 g/mol. The van der Waals surface area contributed by atoms with Gasteiger partial charge in [0.1, 0.15) is 55.8 Å². The molecule has 0 saturated carbocycles. The third-order valence-electron chi connectivity index (χ3n) is 15.8. The number of rotatable bonds is 8. The maximum absolute atomic E-state index is 6.94. The number of nitrogens with zero attached hydrogens (tertiary/aromatic N) is 2. The summed E-state index contributed by atoms with van der Waals surface area (Å²) in [6, 6.07) is 88.9. The first-order valence-corrected chi connectivity index (χ1v) is 26.5. The second-order valence-electron chi connectivity index (χ2n) is 20.4. The van der Waals surface area contributed by atoms with Crippen LogP contribution in [0.25, 0.3) is 132 Å². The number of furan rings is 5. The van der Waals surface area contributed by atoms with Crippen molar-refractivity contribution < 1.29 is 22.1 Å². The van der Waals surface area contributed by atoms with Crippen molar-refractivity contribution >= 4 is 144 Å². The highest BCUT2D eigenvalue weighted by molar-refractivity contribution is 6.30. The van der Waals surface area contributed by atoms with E-state index in [1.807, 2.05) is 48.5 Å². The molecule has 0 bridgehead atoms. The quantitative estimate of drug-likeness (QED) is 0.150. The van der Waals surface area contributed by atoms with Crippen molar-refractivity contribution in [2.75, 3.05) is 9.80 Å². The van der Waals surface area contributed by atoms with Gasteiger partial charge >= 0.3 is 0 Å². The van der Waals surface area contributed by atoms with Gasteiger partial charge in [-0.15, -0.1) is 0 Å². The number of para-hydroxylation sites is 2. The molecular weight excluding hydrogens is 973 g/mol. The summed E-state index contributed by atoms with van der Waals surface area (Å²) in [4.78, 5) is 4.55. The molecule has 0 spiro atoms. The summed E-state index contributed by atoms with van der Waals surface area (Å²) in [5.41, 5.74) is 18.3. The van der Waals surface area contributed by atoms with Gasteiger partial charge in [0.05, 0.1) is 5.39 Å². The lowest BCUT2D eigenvalue weighted by Gasteiger charge is -2.26. The van der Waals surface area contributed by atoms with E-state index in [9.17, 15) is 0 Å². The van der Waals surface area contributed by atoms with Crippen LogP contribution in [0, 0.1) is 0 Å². The molecule has 12 aromatic carbocycles. The summed E-state index contributed by atoms with van der Waals surface area (Å²) in [6.07, 6.45) is 0. The summed E-state index contributed by atoms with van der Waals surface area (Å²) in [5.74, 6) is 0. The normalized spacial score (nSPS) is 12.1. The SMILES string of the molecule is c1ccc(-c2cccc(N(c3ccc4c(c3)oc3ccccc34)c3ccc4c(c3)oc3ccc5c(oc6ccc7oc8cc(N(c9cccc(-c%10ccccc%10)c9)c9ccc%10c(c9)oc9ccccc9%10)ccc8c7c65)c34)c2)cc1. The summed E-state index contributed by atoms with van der Waals surface area (Å²) >= 11 is 0. The second-order valence-corrected chi connectivity index (χ2v) is 20.4. The van der Waals surface area contributed by atoms with Gasteiger partial charge in [-0.3, -0.25) is 0 Å². The number of benzene rings is 12. The van der Waals surface area contributed by atoms with Gasteiger partial charge in [-0.1, -0.05) is 121 Å².